The van der Waals surface area contributed by atoms with E-state index in [9.17, 15) is 9.18 Å². The molecule has 0 aliphatic heterocycles. The molecule has 2 N–H and O–H groups in total. The van der Waals surface area contributed by atoms with Crippen molar-refractivity contribution in [3.05, 3.63) is 72.4 Å². The van der Waals surface area contributed by atoms with E-state index in [1.807, 2.05) is 18.2 Å². The Hall–Kier alpha value is -3.48. The Bertz CT molecular complexity index is 902. The fraction of sp³-hybridized carbons (Fsp3) is 0.0556. The predicted molar refractivity (Wildman–Crippen MR) is 92.7 cm³/mol. The van der Waals surface area contributed by atoms with Crippen molar-refractivity contribution in [2.45, 2.75) is 0 Å². The smallest absolute Gasteiger partial charge is 0.274 e. The zero-order valence-electron chi connectivity index (χ0n) is 13.4. The summed E-state index contributed by atoms with van der Waals surface area (Å²) in [6.45, 7) is 0. The lowest BCUT2D eigenvalue weighted by atomic mass is 10.2. The van der Waals surface area contributed by atoms with Crippen LogP contribution in [-0.2, 0) is 0 Å². The van der Waals surface area contributed by atoms with Crippen molar-refractivity contribution >= 4 is 23.1 Å². The van der Waals surface area contributed by atoms with Crippen LogP contribution in [0.5, 0.6) is 5.75 Å². The minimum atomic E-state index is -0.527. The molecule has 0 saturated heterocycles. The topological polar surface area (TPSA) is 76.1 Å². The van der Waals surface area contributed by atoms with Crippen molar-refractivity contribution in [2.24, 2.45) is 0 Å². The minimum absolute atomic E-state index is 0.0911. The molecule has 7 heteroatoms. The number of nitrogens with one attached hydrogen (secondary N) is 2. The van der Waals surface area contributed by atoms with Crippen molar-refractivity contribution in [3.8, 4) is 5.75 Å². The number of hydrogen-bond donors (Lipinski definition) is 2. The van der Waals surface area contributed by atoms with E-state index < -0.39 is 11.7 Å². The number of amides is 1. The van der Waals surface area contributed by atoms with Gasteiger partial charge in [-0.05, 0) is 24.3 Å². The van der Waals surface area contributed by atoms with E-state index in [2.05, 4.69) is 20.6 Å². The highest BCUT2D eigenvalue weighted by Gasteiger charge is 2.11. The molecule has 3 aromatic rings. The summed E-state index contributed by atoms with van der Waals surface area (Å²) in [7, 11) is 1.58. The number of aromatic nitrogens is 2. The lowest BCUT2D eigenvalue weighted by molar-refractivity contribution is 0.102. The fourth-order valence-corrected chi connectivity index (χ4v) is 2.15. The maximum absolute atomic E-state index is 13.6. The van der Waals surface area contributed by atoms with Gasteiger partial charge in [0, 0.05) is 17.8 Å². The zero-order valence-corrected chi connectivity index (χ0v) is 13.4. The van der Waals surface area contributed by atoms with E-state index in [4.69, 9.17) is 4.74 Å². The van der Waals surface area contributed by atoms with Gasteiger partial charge in [0.15, 0.2) is 0 Å². The summed E-state index contributed by atoms with van der Waals surface area (Å²) in [5, 5.41) is 5.55. The van der Waals surface area contributed by atoms with Gasteiger partial charge in [-0.15, -0.1) is 0 Å². The first-order valence-electron chi connectivity index (χ1n) is 7.45. The number of methoxy groups -OCH3 is 1. The number of hydrogen-bond acceptors (Lipinski definition) is 5. The van der Waals surface area contributed by atoms with Crippen molar-refractivity contribution in [1.29, 1.82) is 0 Å². The molecule has 25 heavy (non-hydrogen) atoms. The largest absolute Gasteiger partial charge is 0.497 e. The summed E-state index contributed by atoms with van der Waals surface area (Å²) >= 11 is 0. The monoisotopic (exact) mass is 338 g/mol. The van der Waals surface area contributed by atoms with Crippen LogP contribution in [0.15, 0.2) is 60.9 Å². The summed E-state index contributed by atoms with van der Waals surface area (Å²) in [5.41, 5.74) is 0.954. The van der Waals surface area contributed by atoms with Crippen LogP contribution in [0.25, 0.3) is 0 Å². The minimum Gasteiger partial charge on any atom is -0.497 e. The van der Waals surface area contributed by atoms with E-state index in [0.717, 1.165) is 5.69 Å². The van der Waals surface area contributed by atoms with Crippen LogP contribution in [0.2, 0.25) is 0 Å². The second-order valence-electron chi connectivity index (χ2n) is 5.08. The molecule has 0 aliphatic rings. The van der Waals surface area contributed by atoms with Crippen LogP contribution < -0.4 is 15.4 Å². The molecule has 0 atom stereocenters. The average Bonchev–Trinajstić information content (AvgIpc) is 2.64. The summed E-state index contributed by atoms with van der Waals surface area (Å²) in [6.07, 6.45) is 1.26. The zero-order chi connectivity index (χ0) is 17.6. The summed E-state index contributed by atoms with van der Waals surface area (Å²) in [4.78, 5) is 20.3. The Balaban J connectivity index is 1.76. The quantitative estimate of drug-likeness (QED) is 0.743. The Morgan fingerprint density at radius 2 is 1.92 bits per heavy atom. The van der Waals surface area contributed by atoms with Gasteiger partial charge in [-0.1, -0.05) is 18.2 Å². The number of nitrogens with zero attached hydrogens (tertiary/aromatic N) is 2. The fourth-order valence-electron chi connectivity index (χ4n) is 2.15. The molecule has 126 valence electrons. The van der Waals surface area contributed by atoms with Gasteiger partial charge in [0.25, 0.3) is 5.91 Å². The van der Waals surface area contributed by atoms with Crippen LogP contribution in [0, 0.1) is 5.82 Å². The molecule has 2 aromatic carbocycles. The molecule has 0 bridgehead atoms. The predicted octanol–water partition coefficient (Wildman–Crippen LogP) is 3.62. The second kappa shape index (κ2) is 7.39. The van der Waals surface area contributed by atoms with Gasteiger partial charge in [-0.25, -0.2) is 14.4 Å². The molecule has 0 radical (unpaired) electrons. The van der Waals surface area contributed by atoms with Crippen molar-refractivity contribution in [3.63, 3.8) is 0 Å². The first kappa shape index (κ1) is 16.4. The highest BCUT2D eigenvalue weighted by molar-refractivity contribution is 6.03. The lowest BCUT2D eigenvalue weighted by Crippen LogP contribution is -2.15. The van der Waals surface area contributed by atoms with Crippen LogP contribution in [-0.4, -0.2) is 23.0 Å². The van der Waals surface area contributed by atoms with Gasteiger partial charge < -0.3 is 15.4 Å². The molecule has 0 unspecified atom stereocenters. The van der Waals surface area contributed by atoms with Crippen LogP contribution in [0.3, 0.4) is 0 Å². The van der Waals surface area contributed by atoms with Gasteiger partial charge in [0.2, 0.25) is 0 Å². The number of carbonyl (C=O) groups is 1. The van der Waals surface area contributed by atoms with Gasteiger partial charge in [0.05, 0.1) is 12.8 Å². The van der Waals surface area contributed by atoms with Gasteiger partial charge in [0.1, 0.15) is 29.4 Å². The highest BCUT2D eigenvalue weighted by Crippen LogP contribution is 2.20. The van der Waals surface area contributed by atoms with E-state index in [1.165, 1.54) is 24.5 Å². The van der Waals surface area contributed by atoms with Crippen LogP contribution in [0.1, 0.15) is 10.5 Å². The third-order valence-corrected chi connectivity index (χ3v) is 3.36. The Morgan fingerprint density at radius 1 is 1.08 bits per heavy atom. The number of anilines is 3. The molecule has 1 heterocycles. The first-order valence-corrected chi connectivity index (χ1v) is 7.45. The summed E-state index contributed by atoms with van der Waals surface area (Å²) in [6, 6.07) is 14.7. The molecule has 0 aliphatic carbocycles. The molecule has 1 amide bonds. The van der Waals surface area contributed by atoms with Crippen molar-refractivity contribution in [1.82, 2.24) is 9.97 Å². The van der Waals surface area contributed by atoms with E-state index in [0.29, 0.717) is 11.6 Å². The highest BCUT2D eigenvalue weighted by atomic mass is 19.1. The standard InChI is InChI=1S/C18H15FN4O2/c1-25-13-6-4-5-12(9-13)22-17-10-16(20-11-21-17)18(24)23-15-8-3-2-7-14(15)19/h2-11H,1H3,(H,23,24)(H,20,21,22). The van der Waals surface area contributed by atoms with Gasteiger partial charge >= 0.3 is 0 Å². The molecule has 3 rings (SSSR count). The van der Waals surface area contributed by atoms with Crippen LogP contribution in [0.4, 0.5) is 21.6 Å². The summed E-state index contributed by atoms with van der Waals surface area (Å²) < 4.78 is 18.8. The second-order valence-corrected chi connectivity index (χ2v) is 5.08. The third kappa shape index (κ3) is 4.08. The van der Waals surface area contributed by atoms with Gasteiger partial charge in [-0.3, -0.25) is 4.79 Å². The molecule has 6 nitrogen and oxygen atoms in total. The Kier molecular flexibility index (Phi) is 4.84. The molecule has 0 spiro atoms. The molecule has 0 fully saturated rings. The van der Waals surface area contributed by atoms with Gasteiger partial charge in [-0.2, -0.15) is 0 Å². The molecular weight excluding hydrogens is 323 g/mol. The number of ether oxygens (including phenoxy) is 1. The Morgan fingerprint density at radius 3 is 2.72 bits per heavy atom. The number of benzene rings is 2. The van der Waals surface area contributed by atoms with Crippen molar-refractivity contribution in [2.75, 3.05) is 17.7 Å². The maximum Gasteiger partial charge on any atom is 0.274 e. The number of halogens is 1. The van der Waals surface area contributed by atoms with Crippen LogP contribution >= 0.6 is 0 Å². The SMILES string of the molecule is COc1cccc(Nc2cc(C(=O)Nc3ccccc3F)ncn2)c1. The first-order chi connectivity index (χ1) is 12.2. The van der Waals surface area contributed by atoms with Crippen molar-refractivity contribution < 1.29 is 13.9 Å². The van der Waals surface area contributed by atoms with E-state index in [1.54, 1.807) is 25.3 Å². The molecule has 1 aromatic heterocycles. The maximum atomic E-state index is 13.6. The number of para-hydroxylation sites is 1. The Labute approximate surface area is 143 Å². The number of rotatable bonds is 5. The number of carbonyl (C=O) groups excluding carboxylic acids is 1. The average molecular weight is 338 g/mol. The third-order valence-electron chi connectivity index (χ3n) is 3.36. The van der Waals surface area contributed by atoms with E-state index >= 15 is 0 Å². The molecular formula is C18H15FN4O2. The normalized spacial score (nSPS) is 10.2. The lowest BCUT2D eigenvalue weighted by Gasteiger charge is -2.09. The molecule has 0 saturated carbocycles. The summed E-state index contributed by atoms with van der Waals surface area (Å²) in [5.74, 6) is 0.0827. The van der Waals surface area contributed by atoms with E-state index in [-0.39, 0.29) is 11.4 Å².